The molecule has 0 unspecified atom stereocenters. The fraction of sp³-hybridized carbons (Fsp3) is 0.304. The van der Waals surface area contributed by atoms with Gasteiger partial charge < -0.3 is 19.9 Å². The van der Waals surface area contributed by atoms with Crippen molar-refractivity contribution < 1.29 is 4.74 Å². The number of benzene rings is 2. The standard InChI is InChI=1S/C23H27N5O/c1-17-7-6-9-20(18(17)2)27-11-13-28(14-12-27)23-15-22(24-16-25-23)26-19-8-4-5-10-21(19)29-3/h4-10,15-16H,11-14H2,1-3H3,(H,24,25,26). The Morgan fingerprint density at radius 3 is 2.45 bits per heavy atom. The molecule has 3 aromatic rings. The molecule has 150 valence electrons. The number of para-hydroxylation sites is 2. The van der Waals surface area contributed by atoms with Crippen LogP contribution in [0.15, 0.2) is 54.9 Å². The molecule has 0 amide bonds. The van der Waals surface area contributed by atoms with E-state index in [-0.39, 0.29) is 0 Å². The molecule has 6 nitrogen and oxygen atoms in total. The maximum atomic E-state index is 5.41. The van der Waals surface area contributed by atoms with Crippen LogP contribution in [0.3, 0.4) is 0 Å². The molecule has 0 aliphatic carbocycles. The Kier molecular flexibility index (Phi) is 5.51. The molecule has 1 aromatic heterocycles. The van der Waals surface area contributed by atoms with E-state index in [1.807, 2.05) is 30.3 Å². The molecule has 0 bridgehead atoms. The van der Waals surface area contributed by atoms with Crippen LogP contribution in [0.4, 0.5) is 23.0 Å². The van der Waals surface area contributed by atoms with Crippen molar-refractivity contribution in [3.05, 3.63) is 66.0 Å². The Hall–Kier alpha value is -3.28. The smallest absolute Gasteiger partial charge is 0.142 e. The molecule has 1 fully saturated rings. The zero-order chi connectivity index (χ0) is 20.2. The van der Waals surface area contributed by atoms with Crippen LogP contribution in [0.25, 0.3) is 0 Å². The summed E-state index contributed by atoms with van der Waals surface area (Å²) in [6.07, 6.45) is 1.62. The minimum absolute atomic E-state index is 0.761. The van der Waals surface area contributed by atoms with Crippen LogP contribution in [0.1, 0.15) is 11.1 Å². The summed E-state index contributed by atoms with van der Waals surface area (Å²) >= 11 is 0. The lowest BCUT2D eigenvalue weighted by atomic mass is 10.1. The van der Waals surface area contributed by atoms with Crippen molar-refractivity contribution >= 4 is 23.0 Å². The predicted octanol–water partition coefficient (Wildman–Crippen LogP) is 4.17. The second kappa shape index (κ2) is 8.39. The van der Waals surface area contributed by atoms with E-state index >= 15 is 0 Å². The summed E-state index contributed by atoms with van der Waals surface area (Å²) in [5.74, 6) is 2.49. The number of hydrogen-bond acceptors (Lipinski definition) is 6. The molecule has 2 heterocycles. The Morgan fingerprint density at radius 2 is 1.66 bits per heavy atom. The van der Waals surface area contributed by atoms with Gasteiger partial charge in [0.1, 0.15) is 23.7 Å². The summed E-state index contributed by atoms with van der Waals surface area (Å²) < 4.78 is 5.41. The van der Waals surface area contributed by atoms with Gasteiger partial charge in [-0.15, -0.1) is 0 Å². The van der Waals surface area contributed by atoms with Crippen LogP contribution in [0.2, 0.25) is 0 Å². The first-order chi connectivity index (χ1) is 14.2. The fourth-order valence-electron chi connectivity index (χ4n) is 3.73. The molecule has 0 radical (unpaired) electrons. The first kappa shape index (κ1) is 19.1. The summed E-state index contributed by atoms with van der Waals surface area (Å²) in [7, 11) is 1.67. The van der Waals surface area contributed by atoms with Gasteiger partial charge in [0.05, 0.1) is 12.8 Å². The van der Waals surface area contributed by atoms with Crippen molar-refractivity contribution in [1.82, 2.24) is 9.97 Å². The molecule has 6 heteroatoms. The lowest BCUT2D eigenvalue weighted by Crippen LogP contribution is -2.47. The second-order valence-electron chi connectivity index (χ2n) is 7.28. The number of piperazine rings is 1. The number of nitrogens with zero attached hydrogens (tertiary/aromatic N) is 4. The minimum Gasteiger partial charge on any atom is -0.495 e. The number of nitrogens with one attached hydrogen (secondary N) is 1. The van der Waals surface area contributed by atoms with Gasteiger partial charge in [-0.2, -0.15) is 0 Å². The summed E-state index contributed by atoms with van der Waals surface area (Å²) in [5, 5.41) is 3.34. The Labute approximate surface area is 172 Å². The van der Waals surface area contributed by atoms with Gasteiger partial charge >= 0.3 is 0 Å². The molecule has 0 saturated carbocycles. The third-order valence-corrected chi connectivity index (χ3v) is 5.54. The fourth-order valence-corrected chi connectivity index (χ4v) is 3.73. The highest BCUT2D eigenvalue weighted by molar-refractivity contribution is 5.65. The average Bonchev–Trinajstić information content (AvgIpc) is 2.76. The lowest BCUT2D eigenvalue weighted by molar-refractivity contribution is 0.417. The number of anilines is 4. The van der Waals surface area contributed by atoms with E-state index in [0.29, 0.717) is 0 Å². The van der Waals surface area contributed by atoms with Crippen LogP contribution in [-0.4, -0.2) is 43.3 Å². The molecule has 0 spiro atoms. The van der Waals surface area contributed by atoms with Crippen LogP contribution >= 0.6 is 0 Å². The summed E-state index contributed by atoms with van der Waals surface area (Å²) in [4.78, 5) is 13.7. The van der Waals surface area contributed by atoms with Gasteiger partial charge in [0.25, 0.3) is 0 Å². The Morgan fingerprint density at radius 1 is 0.897 bits per heavy atom. The van der Waals surface area contributed by atoms with Crippen molar-refractivity contribution in [2.75, 3.05) is 48.4 Å². The second-order valence-corrected chi connectivity index (χ2v) is 7.28. The highest BCUT2D eigenvalue weighted by Crippen LogP contribution is 2.28. The third kappa shape index (κ3) is 4.11. The van der Waals surface area contributed by atoms with Gasteiger partial charge in [-0.05, 0) is 43.2 Å². The number of ether oxygens (including phenoxy) is 1. The summed E-state index contributed by atoms with van der Waals surface area (Å²) in [6.45, 7) is 8.19. The number of rotatable bonds is 5. The number of aromatic nitrogens is 2. The lowest BCUT2D eigenvalue weighted by Gasteiger charge is -2.37. The molecular formula is C23H27N5O. The normalized spacial score (nSPS) is 14.0. The zero-order valence-electron chi connectivity index (χ0n) is 17.2. The molecule has 1 aliphatic rings. The van der Waals surface area contributed by atoms with Crippen molar-refractivity contribution in [1.29, 1.82) is 0 Å². The van der Waals surface area contributed by atoms with Gasteiger partial charge in [0.2, 0.25) is 0 Å². The first-order valence-corrected chi connectivity index (χ1v) is 9.94. The molecule has 1 aliphatic heterocycles. The summed E-state index contributed by atoms with van der Waals surface area (Å²) in [5.41, 5.74) is 4.93. The SMILES string of the molecule is COc1ccccc1Nc1cc(N2CCN(c3cccc(C)c3C)CC2)ncn1. The average molecular weight is 390 g/mol. The number of hydrogen-bond donors (Lipinski definition) is 1. The Bertz CT molecular complexity index is 983. The third-order valence-electron chi connectivity index (χ3n) is 5.54. The molecular weight excluding hydrogens is 362 g/mol. The first-order valence-electron chi connectivity index (χ1n) is 9.94. The topological polar surface area (TPSA) is 53.5 Å². The van der Waals surface area contributed by atoms with Gasteiger partial charge in [-0.3, -0.25) is 0 Å². The van der Waals surface area contributed by atoms with E-state index in [4.69, 9.17) is 4.74 Å². The molecule has 0 atom stereocenters. The van der Waals surface area contributed by atoms with E-state index in [9.17, 15) is 0 Å². The summed E-state index contributed by atoms with van der Waals surface area (Å²) in [6, 6.07) is 16.4. The molecule has 4 rings (SSSR count). The van der Waals surface area contributed by atoms with Crippen LogP contribution in [0, 0.1) is 13.8 Å². The quantitative estimate of drug-likeness (QED) is 0.707. The molecule has 1 saturated heterocycles. The Balaban J connectivity index is 1.45. The molecule has 2 aromatic carbocycles. The minimum atomic E-state index is 0.761. The van der Waals surface area contributed by atoms with Gasteiger partial charge in [0, 0.05) is 37.9 Å². The predicted molar refractivity (Wildman–Crippen MR) is 119 cm³/mol. The number of methoxy groups -OCH3 is 1. The highest BCUT2D eigenvalue weighted by atomic mass is 16.5. The molecule has 29 heavy (non-hydrogen) atoms. The molecule has 1 N–H and O–H groups in total. The number of aryl methyl sites for hydroxylation is 1. The maximum absolute atomic E-state index is 5.41. The van der Waals surface area contributed by atoms with E-state index in [2.05, 4.69) is 57.1 Å². The monoisotopic (exact) mass is 389 g/mol. The largest absolute Gasteiger partial charge is 0.495 e. The van der Waals surface area contributed by atoms with Gasteiger partial charge in [0.15, 0.2) is 0 Å². The van der Waals surface area contributed by atoms with Crippen LogP contribution in [0.5, 0.6) is 5.75 Å². The van der Waals surface area contributed by atoms with Crippen molar-refractivity contribution in [3.8, 4) is 5.75 Å². The zero-order valence-corrected chi connectivity index (χ0v) is 17.2. The van der Waals surface area contributed by atoms with Crippen molar-refractivity contribution in [2.45, 2.75) is 13.8 Å². The van der Waals surface area contributed by atoms with Crippen molar-refractivity contribution in [2.24, 2.45) is 0 Å². The van der Waals surface area contributed by atoms with E-state index in [0.717, 1.165) is 49.3 Å². The van der Waals surface area contributed by atoms with E-state index in [1.165, 1.54) is 16.8 Å². The highest BCUT2D eigenvalue weighted by Gasteiger charge is 2.20. The van der Waals surface area contributed by atoms with E-state index < -0.39 is 0 Å². The van der Waals surface area contributed by atoms with Crippen LogP contribution < -0.4 is 19.9 Å². The van der Waals surface area contributed by atoms with Gasteiger partial charge in [-0.1, -0.05) is 24.3 Å². The van der Waals surface area contributed by atoms with E-state index in [1.54, 1.807) is 13.4 Å². The maximum Gasteiger partial charge on any atom is 0.142 e. The van der Waals surface area contributed by atoms with Crippen LogP contribution in [-0.2, 0) is 0 Å². The van der Waals surface area contributed by atoms with Gasteiger partial charge in [-0.25, -0.2) is 9.97 Å². The van der Waals surface area contributed by atoms with Crippen molar-refractivity contribution in [3.63, 3.8) is 0 Å².